The number of amides is 3. The van der Waals surface area contributed by atoms with Gasteiger partial charge in [-0.25, -0.2) is 4.79 Å². The molecule has 1 saturated heterocycles. The predicted octanol–water partition coefficient (Wildman–Crippen LogP) is 3.74. The molecule has 4 aromatic rings. The van der Waals surface area contributed by atoms with Crippen LogP contribution in [-0.4, -0.2) is 34.1 Å². The number of aromatic nitrogens is 2. The zero-order chi connectivity index (χ0) is 22.8. The fourth-order valence-electron chi connectivity index (χ4n) is 3.96. The molecule has 1 N–H and O–H groups in total. The van der Waals surface area contributed by atoms with Gasteiger partial charge in [0.2, 0.25) is 11.8 Å². The Morgan fingerprint density at radius 3 is 2.06 bits per heavy atom. The first kappa shape index (κ1) is 20.4. The highest BCUT2D eigenvalue weighted by atomic mass is 16.5. The van der Waals surface area contributed by atoms with Crippen LogP contribution >= 0.6 is 0 Å². The molecular weight excluding hydrogens is 420 g/mol. The van der Waals surface area contributed by atoms with Crippen molar-refractivity contribution in [3.05, 3.63) is 102 Å². The lowest BCUT2D eigenvalue weighted by Crippen LogP contribution is -2.45. The molecule has 8 heteroatoms. The van der Waals surface area contributed by atoms with Crippen LogP contribution in [0.4, 0.5) is 4.79 Å². The standard InChI is InChI=1S/C25H20N4O4/c1-32-20-14-12-17(13-15-20)22-28-27-21(33-22)16-29-23(30)25(26-24(29)31,18-8-4-2-5-9-18)19-10-6-3-7-11-19/h2-15H,16H2,1H3,(H,26,31). The highest BCUT2D eigenvalue weighted by Gasteiger charge is 2.53. The Labute approximate surface area is 189 Å². The first-order valence-electron chi connectivity index (χ1n) is 10.3. The second-order valence-corrected chi connectivity index (χ2v) is 7.53. The lowest BCUT2D eigenvalue weighted by atomic mass is 9.82. The molecule has 0 saturated carbocycles. The number of carbonyl (C=O) groups excluding carboxylic acids is 2. The van der Waals surface area contributed by atoms with Crippen molar-refractivity contribution in [2.45, 2.75) is 12.1 Å². The molecule has 0 radical (unpaired) electrons. The fourth-order valence-corrected chi connectivity index (χ4v) is 3.96. The summed E-state index contributed by atoms with van der Waals surface area (Å²) in [6.07, 6.45) is 0. The molecule has 1 aliphatic heterocycles. The molecule has 3 amide bonds. The number of nitrogens with zero attached hydrogens (tertiary/aromatic N) is 3. The monoisotopic (exact) mass is 440 g/mol. The van der Waals surface area contributed by atoms with E-state index in [2.05, 4.69) is 15.5 Å². The topological polar surface area (TPSA) is 97.6 Å². The van der Waals surface area contributed by atoms with Gasteiger partial charge < -0.3 is 14.5 Å². The summed E-state index contributed by atoms with van der Waals surface area (Å²) in [4.78, 5) is 27.8. The molecule has 0 bridgehead atoms. The van der Waals surface area contributed by atoms with Gasteiger partial charge >= 0.3 is 6.03 Å². The summed E-state index contributed by atoms with van der Waals surface area (Å²) in [5.41, 5.74) is 0.705. The second kappa shape index (κ2) is 8.23. The number of carbonyl (C=O) groups is 2. The van der Waals surface area contributed by atoms with E-state index in [4.69, 9.17) is 9.15 Å². The van der Waals surface area contributed by atoms with Crippen LogP contribution in [0.15, 0.2) is 89.3 Å². The van der Waals surface area contributed by atoms with Crippen LogP contribution in [0.3, 0.4) is 0 Å². The first-order chi connectivity index (χ1) is 16.1. The Bertz CT molecular complexity index is 1250. The van der Waals surface area contributed by atoms with Crippen LogP contribution in [0.1, 0.15) is 17.0 Å². The van der Waals surface area contributed by atoms with E-state index in [-0.39, 0.29) is 18.3 Å². The van der Waals surface area contributed by atoms with Crippen LogP contribution < -0.4 is 10.1 Å². The third kappa shape index (κ3) is 3.51. The van der Waals surface area contributed by atoms with E-state index in [0.717, 1.165) is 4.90 Å². The SMILES string of the molecule is COc1ccc(-c2nnc(CN3C(=O)NC(c4ccccc4)(c4ccccc4)C3=O)o2)cc1. The number of imide groups is 1. The number of nitrogens with one attached hydrogen (secondary N) is 1. The Morgan fingerprint density at radius 2 is 1.48 bits per heavy atom. The third-order valence-electron chi connectivity index (χ3n) is 5.62. The summed E-state index contributed by atoms with van der Waals surface area (Å²) < 4.78 is 10.9. The smallest absolute Gasteiger partial charge is 0.326 e. The number of urea groups is 1. The molecule has 2 heterocycles. The third-order valence-corrected chi connectivity index (χ3v) is 5.62. The van der Waals surface area contributed by atoms with Crippen LogP contribution in [0.2, 0.25) is 0 Å². The Morgan fingerprint density at radius 1 is 0.879 bits per heavy atom. The molecule has 1 aliphatic rings. The largest absolute Gasteiger partial charge is 0.497 e. The van der Waals surface area contributed by atoms with E-state index < -0.39 is 17.5 Å². The second-order valence-electron chi connectivity index (χ2n) is 7.53. The molecule has 0 unspecified atom stereocenters. The molecule has 0 atom stereocenters. The molecular formula is C25H20N4O4. The summed E-state index contributed by atoms with van der Waals surface area (Å²) in [6.45, 7) is -0.144. The normalized spacial score (nSPS) is 14.9. The van der Waals surface area contributed by atoms with Crippen molar-refractivity contribution in [1.29, 1.82) is 0 Å². The number of ether oxygens (including phenoxy) is 1. The highest BCUT2D eigenvalue weighted by molar-refractivity contribution is 6.09. The van der Waals surface area contributed by atoms with Gasteiger partial charge in [-0.15, -0.1) is 10.2 Å². The zero-order valence-corrected chi connectivity index (χ0v) is 17.8. The van der Waals surface area contributed by atoms with Crippen LogP contribution in [0, 0.1) is 0 Å². The molecule has 1 fully saturated rings. The van der Waals surface area contributed by atoms with Crippen molar-refractivity contribution in [2.75, 3.05) is 7.11 Å². The average molecular weight is 440 g/mol. The molecule has 5 rings (SSSR count). The van der Waals surface area contributed by atoms with Crippen LogP contribution in [-0.2, 0) is 16.9 Å². The average Bonchev–Trinajstić information content (AvgIpc) is 3.44. The molecule has 8 nitrogen and oxygen atoms in total. The molecule has 33 heavy (non-hydrogen) atoms. The molecule has 3 aromatic carbocycles. The molecule has 1 aromatic heterocycles. The van der Waals surface area contributed by atoms with Crippen molar-refractivity contribution < 1.29 is 18.7 Å². The predicted molar refractivity (Wildman–Crippen MR) is 119 cm³/mol. The number of hydrogen-bond donors (Lipinski definition) is 1. The van der Waals surface area contributed by atoms with Crippen LogP contribution in [0.25, 0.3) is 11.5 Å². The number of methoxy groups -OCH3 is 1. The zero-order valence-electron chi connectivity index (χ0n) is 17.8. The maximum Gasteiger partial charge on any atom is 0.326 e. The summed E-state index contributed by atoms with van der Waals surface area (Å²) in [6, 6.07) is 25.0. The minimum absolute atomic E-state index is 0.144. The van der Waals surface area contributed by atoms with Gasteiger partial charge in [-0.1, -0.05) is 60.7 Å². The highest BCUT2D eigenvalue weighted by Crippen LogP contribution is 2.36. The summed E-state index contributed by atoms with van der Waals surface area (Å²) >= 11 is 0. The van der Waals surface area contributed by atoms with Gasteiger partial charge in [0.15, 0.2) is 5.54 Å². The van der Waals surface area contributed by atoms with Gasteiger partial charge in [-0.2, -0.15) is 0 Å². The van der Waals surface area contributed by atoms with Gasteiger partial charge in [-0.05, 0) is 35.4 Å². The van der Waals surface area contributed by atoms with E-state index in [9.17, 15) is 9.59 Å². The minimum Gasteiger partial charge on any atom is -0.497 e. The fraction of sp³-hybridized carbons (Fsp3) is 0.120. The maximum absolute atomic E-state index is 13.7. The summed E-state index contributed by atoms with van der Waals surface area (Å²) in [5.74, 6) is 0.739. The van der Waals surface area contributed by atoms with Crippen LogP contribution in [0.5, 0.6) is 5.75 Å². The Balaban J connectivity index is 1.46. The van der Waals surface area contributed by atoms with Gasteiger partial charge in [0, 0.05) is 5.56 Å². The lowest BCUT2D eigenvalue weighted by molar-refractivity contribution is -0.130. The van der Waals surface area contributed by atoms with Gasteiger partial charge in [0.05, 0.1) is 7.11 Å². The number of benzene rings is 3. The van der Waals surface area contributed by atoms with E-state index in [1.54, 1.807) is 31.4 Å². The number of hydrogen-bond acceptors (Lipinski definition) is 6. The molecule has 0 aliphatic carbocycles. The number of rotatable bonds is 6. The van der Waals surface area contributed by atoms with E-state index in [1.165, 1.54) is 0 Å². The first-order valence-corrected chi connectivity index (χ1v) is 10.3. The van der Waals surface area contributed by atoms with Crippen molar-refractivity contribution >= 4 is 11.9 Å². The summed E-state index contributed by atoms with van der Waals surface area (Å²) in [5, 5.41) is 11.0. The summed E-state index contributed by atoms with van der Waals surface area (Å²) in [7, 11) is 1.59. The molecule has 0 spiro atoms. The van der Waals surface area contributed by atoms with Gasteiger partial charge in [0.25, 0.3) is 5.91 Å². The maximum atomic E-state index is 13.7. The Kier molecular flexibility index (Phi) is 5.10. The Hall–Kier alpha value is -4.46. The van der Waals surface area contributed by atoms with Crippen molar-refractivity contribution in [3.63, 3.8) is 0 Å². The van der Waals surface area contributed by atoms with Crippen molar-refractivity contribution in [3.8, 4) is 17.2 Å². The quantitative estimate of drug-likeness (QED) is 0.459. The van der Waals surface area contributed by atoms with Crippen molar-refractivity contribution in [2.24, 2.45) is 0 Å². The van der Waals surface area contributed by atoms with E-state index in [1.807, 2.05) is 60.7 Å². The van der Waals surface area contributed by atoms with Crippen molar-refractivity contribution in [1.82, 2.24) is 20.4 Å². The lowest BCUT2D eigenvalue weighted by Gasteiger charge is -2.27. The van der Waals surface area contributed by atoms with E-state index in [0.29, 0.717) is 22.4 Å². The molecule has 164 valence electrons. The van der Waals surface area contributed by atoms with Gasteiger partial charge in [-0.3, -0.25) is 9.69 Å². The van der Waals surface area contributed by atoms with Gasteiger partial charge in [0.1, 0.15) is 12.3 Å². The van der Waals surface area contributed by atoms with E-state index >= 15 is 0 Å². The minimum atomic E-state index is -1.33.